The normalized spacial score (nSPS) is 23.1. The molecule has 2 atom stereocenters. The largest absolute Gasteiger partial charge is 0.480 e. The van der Waals surface area contributed by atoms with Crippen molar-refractivity contribution < 1.29 is 28.2 Å². The molecule has 0 bridgehead atoms. The van der Waals surface area contributed by atoms with Crippen LogP contribution in [0.2, 0.25) is 0 Å². The van der Waals surface area contributed by atoms with E-state index in [-0.39, 0.29) is 25.7 Å². The summed E-state index contributed by atoms with van der Waals surface area (Å²) in [5.41, 5.74) is 2.39. The van der Waals surface area contributed by atoms with Gasteiger partial charge in [-0.2, -0.15) is 0 Å². The van der Waals surface area contributed by atoms with Gasteiger partial charge in [0.2, 0.25) is 5.91 Å². The molecule has 206 valence electrons. The van der Waals surface area contributed by atoms with Gasteiger partial charge in [0.05, 0.1) is 12.0 Å². The number of nitrogens with zero attached hydrogens (tertiary/aromatic N) is 4. The first-order valence-electron chi connectivity index (χ1n) is 13.4. The van der Waals surface area contributed by atoms with E-state index in [1.54, 1.807) is 0 Å². The second kappa shape index (κ2) is 11.7. The van der Waals surface area contributed by atoms with Gasteiger partial charge in [-0.25, -0.2) is 18.6 Å². The molecule has 2 aromatic heterocycles. The number of aliphatic carboxylic acids is 1. The summed E-state index contributed by atoms with van der Waals surface area (Å²) in [7, 11) is 0. The van der Waals surface area contributed by atoms with Crippen molar-refractivity contribution >= 4 is 17.7 Å². The lowest BCUT2D eigenvalue weighted by molar-refractivity contribution is -0.143. The van der Waals surface area contributed by atoms with Gasteiger partial charge < -0.3 is 25.0 Å². The molecular formula is C26H34F2N6O4. The number of nitrogens with one attached hydrogen (secondary N) is 2. The molecular weight excluding hydrogens is 498 g/mol. The predicted octanol–water partition coefficient (Wildman–Crippen LogP) is 2.92. The number of carbonyl (C=O) groups excluding carboxylic acids is 1. The molecule has 3 aliphatic rings. The summed E-state index contributed by atoms with van der Waals surface area (Å²) in [6.45, 7) is 1.21. The van der Waals surface area contributed by atoms with E-state index < -0.39 is 36.1 Å². The van der Waals surface area contributed by atoms with E-state index in [4.69, 9.17) is 9.72 Å². The summed E-state index contributed by atoms with van der Waals surface area (Å²) >= 11 is 0. The molecule has 12 heteroatoms. The average molecular weight is 533 g/mol. The van der Waals surface area contributed by atoms with Gasteiger partial charge in [0, 0.05) is 38.2 Å². The van der Waals surface area contributed by atoms with E-state index in [0.717, 1.165) is 56.6 Å². The molecule has 0 saturated heterocycles. The second-order valence-corrected chi connectivity index (χ2v) is 10.5. The Morgan fingerprint density at radius 2 is 2.08 bits per heavy atom. The Kier molecular flexibility index (Phi) is 8.15. The summed E-state index contributed by atoms with van der Waals surface area (Å²) in [5.74, 6) is -0.688. The zero-order valence-electron chi connectivity index (χ0n) is 21.2. The number of hydrogen-bond acceptors (Lipinski definition) is 7. The minimum Gasteiger partial charge on any atom is -0.480 e. The van der Waals surface area contributed by atoms with Crippen LogP contribution in [0.3, 0.4) is 0 Å². The maximum Gasteiger partial charge on any atom is 0.326 e. The highest BCUT2D eigenvalue weighted by molar-refractivity contribution is 5.85. The first kappa shape index (κ1) is 26.5. The van der Waals surface area contributed by atoms with Crippen molar-refractivity contribution in [3.63, 3.8) is 0 Å². The monoisotopic (exact) mass is 532 g/mol. The number of carboxylic acid groups (broad SMARTS) is 1. The number of fused-ring (bicyclic) bond motifs is 2. The molecule has 1 aliphatic carbocycles. The minimum absolute atomic E-state index is 0.0115. The number of aromatic nitrogens is 4. The number of carbonyl (C=O) groups is 2. The van der Waals surface area contributed by atoms with Crippen LogP contribution in [0.15, 0.2) is 12.1 Å². The van der Waals surface area contributed by atoms with Crippen molar-refractivity contribution in [2.24, 2.45) is 11.8 Å². The third kappa shape index (κ3) is 6.11. The maximum absolute atomic E-state index is 13.2. The first-order chi connectivity index (χ1) is 18.4. The fraction of sp³-hybridized carbons (Fsp3) is 0.654. The Labute approximate surface area is 219 Å². The van der Waals surface area contributed by atoms with Crippen molar-refractivity contribution in [1.82, 2.24) is 25.1 Å². The van der Waals surface area contributed by atoms with E-state index >= 15 is 0 Å². The molecule has 10 nitrogen and oxygen atoms in total. The highest BCUT2D eigenvalue weighted by Gasteiger charge is 2.33. The Bertz CT molecular complexity index is 1150. The SMILES string of the molecule is O=C(N[C@@H](CCO[C@H]1C[C@H](CCc2ccc3c(n2)NCCC3)C1)C(=O)O)[C@@H]1CCc2nnc(C(F)F)n2C1. The van der Waals surface area contributed by atoms with Gasteiger partial charge in [0.1, 0.15) is 17.7 Å². The van der Waals surface area contributed by atoms with Crippen LogP contribution >= 0.6 is 0 Å². The Morgan fingerprint density at radius 3 is 2.87 bits per heavy atom. The summed E-state index contributed by atoms with van der Waals surface area (Å²) in [6, 6.07) is 3.20. The first-order valence-corrected chi connectivity index (χ1v) is 13.4. The highest BCUT2D eigenvalue weighted by Crippen LogP contribution is 2.34. The molecule has 2 aromatic rings. The molecule has 5 rings (SSSR count). The number of anilines is 1. The minimum atomic E-state index is -2.79. The number of aryl methyl sites for hydroxylation is 3. The zero-order chi connectivity index (χ0) is 26.6. The molecule has 0 unspecified atom stereocenters. The fourth-order valence-electron chi connectivity index (χ4n) is 5.53. The van der Waals surface area contributed by atoms with E-state index in [2.05, 4.69) is 33.0 Å². The standard InChI is InChI=1S/C26H34F2N6O4/c27-22(28)24-33-32-21-8-5-17(14-34(21)24)25(35)31-20(26(36)37)9-11-38-19-12-15(13-19)3-6-18-7-4-16-2-1-10-29-23(16)30-18/h4,7,15,17,19-20,22H,1-3,5-6,8-14H2,(H,29,30)(H,31,35)(H,36,37)/t15-,17-,19-,20+/m1/s1. The lowest BCUT2D eigenvalue weighted by Gasteiger charge is -2.35. The van der Waals surface area contributed by atoms with Gasteiger partial charge in [0.15, 0.2) is 5.82 Å². The molecule has 0 spiro atoms. The van der Waals surface area contributed by atoms with Gasteiger partial charge in [0.25, 0.3) is 6.43 Å². The Hall–Kier alpha value is -3.15. The van der Waals surface area contributed by atoms with Crippen LogP contribution in [-0.4, -0.2) is 62.0 Å². The molecule has 2 aliphatic heterocycles. The van der Waals surface area contributed by atoms with Gasteiger partial charge in [-0.3, -0.25) is 4.79 Å². The van der Waals surface area contributed by atoms with Crippen LogP contribution in [0.25, 0.3) is 0 Å². The number of ether oxygens (including phenoxy) is 1. The summed E-state index contributed by atoms with van der Waals surface area (Å²) in [4.78, 5) is 29.2. The Balaban J connectivity index is 1.01. The third-order valence-electron chi connectivity index (χ3n) is 7.87. The number of rotatable bonds is 11. The van der Waals surface area contributed by atoms with Crippen LogP contribution in [-0.2, 0) is 40.1 Å². The molecule has 1 fully saturated rings. The molecule has 1 saturated carbocycles. The van der Waals surface area contributed by atoms with Crippen LogP contribution < -0.4 is 10.6 Å². The van der Waals surface area contributed by atoms with Gasteiger partial charge in [-0.1, -0.05) is 6.07 Å². The van der Waals surface area contributed by atoms with Crippen molar-refractivity contribution in [3.8, 4) is 0 Å². The molecule has 0 radical (unpaired) electrons. The quantitative estimate of drug-likeness (QED) is 0.403. The van der Waals surface area contributed by atoms with Crippen molar-refractivity contribution in [2.45, 2.75) is 82.9 Å². The molecule has 1 amide bonds. The molecule has 38 heavy (non-hydrogen) atoms. The fourth-order valence-corrected chi connectivity index (χ4v) is 5.53. The Morgan fingerprint density at radius 1 is 1.24 bits per heavy atom. The van der Waals surface area contributed by atoms with Crippen LogP contribution in [0.1, 0.15) is 67.9 Å². The van der Waals surface area contributed by atoms with Gasteiger partial charge in [-0.15, -0.1) is 10.2 Å². The topological polar surface area (TPSA) is 131 Å². The van der Waals surface area contributed by atoms with E-state index in [1.807, 2.05) is 0 Å². The number of halogens is 2. The number of hydrogen-bond donors (Lipinski definition) is 3. The predicted molar refractivity (Wildman–Crippen MR) is 133 cm³/mol. The van der Waals surface area contributed by atoms with E-state index in [0.29, 0.717) is 24.6 Å². The van der Waals surface area contributed by atoms with Crippen molar-refractivity contribution in [1.29, 1.82) is 0 Å². The van der Waals surface area contributed by atoms with Crippen molar-refractivity contribution in [2.75, 3.05) is 18.5 Å². The number of pyridine rings is 1. The van der Waals surface area contributed by atoms with E-state index in [1.165, 1.54) is 10.1 Å². The zero-order valence-corrected chi connectivity index (χ0v) is 21.2. The maximum atomic E-state index is 13.2. The highest BCUT2D eigenvalue weighted by atomic mass is 19.3. The van der Waals surface area contributed by atoms with E-state index in [9.17, 15) is 23.5 Å². The van der Waals surface area contributed by atoms with Crippen LogP contribution in [0.5, 0.6) is 0 Å². The number of amides is 1. The smallest absolute Gasteiger partial charge is 0.326 e. The van der Waals surface area contributed by atoms with Crippen molar-refractivity contribution in [3.05, 3.63) is 35.0 Å². The number of carboxylic acids is 1. The lowest BCUT2D eigenvalue weighted by atomic mass is 9.79. The van der Waals surface area contributed by atoms with Crippen LogP contribution in [0.4, 0.5) is 14.6 Å². The van der Waals surface area contributed by atoms with Gasteiger partial charge >= 0.3 is 5.97 Å². The van der Waals surface area contributed by atoms with Crippen LogP contribution in [0, 0.1) is 11.8 Å². The molecule has 3 N–H and O–H groups in total. The van der Waals surface area contributed by atoms with Gasteiger partial charge in [-0.05, 0) is 62.5 Å². The second-order valence-electron chi connectivity index (χ2n) is 10.5. The third-order valence-corrected chi connectivity index (χ3v) is 7.87. The lowest BCUT2D eigenvalue weighted by Crippen LogP contribution is -2.46. The summed E-state index contributed by atoms with van der Waals surface area (Å²) in [6.07, 6.45) is 4.25. The molecule has 0 aromatic carbocycles. The summed E-state index contributed by atoms with van der Waals surface area (Å²) < 4.78 is 33.4. The summed E-state index contributed by atoms with van der Waals surface area (Å²) in [5, 5.41) is 22.8. The average Bonchev–Trinajstić information content (AvgIpc) is 3.32. The number of alkyl halides is 2. The molecule has 4 heterocycles.